The van der Waals surface area contributed by atoms with Crippen molar-refractivity contribution in [2.24, 2.45) is 0 Å². The number of hydrogen-bond donors (Lipinski definition) is 1. The van der Waals surface area contributed by atoms with Gasteiger partial charge in [0.2, 0.25) is 0 Å². The Hall–Kier alpha value is -1.88. The van der Waals surface area contributed by atoms with E-state index in [1.165, 1.54) is 12.2 Å². The molecule has 88 valence electrons. The molecule has 0 heterocycles. The average molecular weight is 226 g/mol. The highest BCUT2D eigenvalue weighted by molar-refractivity contribution is 5.81. The van der Waals surface area contributed by atoms with Gasteiger partial charge in [-0.05, 0) is 12.2 Å². The van der Waals surface area contributed by atoms with Crippen LogP contribution >= 0.6 is 0 Å². The Morgan fingerprint density at radius 1 is 1.25 bits per heavy atom. The Kier molecular flexibility index (Phi) is 7.44. The van der Waals surface area contributed by atoms with Gasteiger partial charge in [0.05, 0.1) is 6.61 Å². The molecule has 0 aromatic heterocycles. The van der Waals surface area contributed by atoms with Gasteiger partial charge in [-0.3, -0.25) is 0 Å². The number of rotatable bonds is 7. The number of carbonyl (C=O) groups excluding carboxylic acids is 2. The fourth-order valence-electron chi connectivity index (χ4n) is 0.731. The fraction of sp³-hybridized carbons (Fsp3) is 0.273. The van der Waals surface area contributed by atoms with E-state index in [1.807, 2.05) is 0 Å². The standard InChI is InChI=1S/C11H14O5/c1-3-10(13)15-7-5-6-9(8-12)16-11(14)4-2/h3-6,9,12H,1-2,7-8H2. The third-order valence-electron chi connectivity index (χ3n) is 1.45. The molecule has 0 spiro atoms. The van der Waals surface area contributed by atoms with Gasteiger partial charge in [-0.1, -0.05) is 13.2 Å². The molecular formula is C11H14O5. The molecule has 1 atom stereocenters. The van der Waals surface area contributed by atoms with E-state index in [1.54, 1.807) is 0 Å². The zero-order valence-corrected chi connectivity index (χ0v) is 8.80. The highest BCUT2D eigenvalue weighted by Crippen LogP contribution is 1.95. The van der Waals surface area contributed by atoms with Crippen molar-refractivity contribution in [3.8, 4) is 0 Å². The van der Waals surface area contributed by atoms with E-state index in [-0.39, 0.29) is 13.2 Å². The van der Waals surface area contributed by atoms with Crippen LogP contribution in [0.5, 0.6) is 0 Å². The first-order valence-corrected chi connectivity index (χ1v) is 4.53. The van der Waals surface area contributed by atoms with Gasteiger partial charge in [0, 0.05) is 12.2 Å². The van der Waals surface area contributed by atoms with Gasteiger partial charge in [-0.25, -0.2) is 9.59 Å². The maximum Gasteiger partial charge on any atom is 0.330 e. The lowest BCUT2D eigenvalue weighted by Gasteiger charge is -2.09. The molecule has 0 fully saturated rings. The third-order valence-corrected chi connectivity index (χ3v) is 1.45. The van der Waals surface area contributed by atoms with Crippen LogP contribution < -0.4 is 0 Å². The summed E-state index contributed by atoms with van der Waals surface area (Å²) in [5.74, 6) is -1.18. The first-order valence-electron chi connectivity index (χ1n) is 4.53. The van der Waals surface area contributed by atoms with Gasteiger partial charge in [-0.2, -0.15) is 0 Å². The van der Waals surface area contributed by atoms with Crippen LogP contribution in [0.2, 0.25) is 0 Å². The summed E-state index contributed by atoms with van der Waals surface area (Å²) < 4.78 is 9.36. The van der Waals surface area contributed by atoms with E-state index in [2.05, 4.69) is 17.9 Å². The lowest BCUT2D eigenvalue weighted by molar-refractivity contribution is -0.142. The summed E-state index contributed by atoms with van der Waals surface area (Å²) in [6.07, 6.45) is 4.13. The number of ether oxygens (including phenoxy) is 2. The van der Waals surface area contributed by atoms with Gasteiger partial charge < -0.3 is 14.6 Å². The normalized spacial score (nSPS) is 11.8. The van der Waals surface area contributed by atoms with Crippen molar-refractivity contribution >= 4 is 11.9 Å². The highest BCUT2D eigenvalue weighted by atomic mass is 16.6. The predicted octanol–water partition coefficient (Wildman–Crippen LogP) is 0.362. The second-order valence-electron chi connectivity index (χ2n) is 2.62. The van der Waals surface area contributed by atoms with Crippen molar-refractivity contribution in [2.45, 2.75) is 6.10 Å². The average Bonchev–Trinajstić information content (AvgIpc) is 2.32. The Labute approximate surface area is 93.7 Å². The van der Waals surface area contributed by atoms with Crippen LogP contribution in [0.25, 0.3) is 0 Å². The van der Waals surface area contributed by atoms with Crippen molar-refractivity contribution in [3.05, 3.63) is 37.5 Å². The van der Waals surface area contributed by atoms with Crippen LogP contribution in [0.4, 0.5) is 0 Å². The minimum atomic E-state index is -0.770. The SMILES string of the molecule is C=CC(=O)OCC=CC(CO)OC(=O)C=C. The Morgan fingerprint density at radius 3 is 2.38 bits per heavy atom. The summed E-state index contributed by atoms with van der Waals surface area (Å²) in [4.78, 5) is 21.4. The third kappa shape index (κ3) is 6.56. The van der Waals surface area contributed by atoms with Crippen LogP contribution in [0.1, 0.15) is 0 Å². The molecule has 0 saturated heterocycles. The first kappa shape index (κ1) is 14.1. The summed E-state index contributed by atoms with van der Waals surface area (Å²) in [5, 5.41) is 8.84. The fourth-order valence-corrected chi connectivity index (χ4v) is 0.731. The van der Waals surface area contributed by atoms with Crippen molar-refractivity contribution in [2.75, 3.05) is 13.2 Å². The summed E-state index contributed by atoms with van der Waals surface area (Å²) in [6.45, 7) is 6.11. The van der Waals surface area contributed by atoms with Gasteiger partial charge in [0.15, 0.2) is 0 Å². The minimum absolute atomic E-state index is 0.0208. The maximum atomic E-state index is 10.8. The molecule has 1 unspecified atom stereocenters. The van der Waals surface area contributed by atoms with Crippen LogP contribution in [-0.2, 0) is 19.1 Å². The van der Waals surface area contributed by atoms with Crippen LogP contribution in [0.3, 0.4) is 0 Å². The van der Waals surface area contributed by atoms with Gasteiger partial charge in [0.1, 0.15) is 12.7 Å². The summed E-state index contributed by atoms with van der Waals surface area (Å²) in [5.41, 5.74) is 0. The van der Waals surface area contributed by atoms with Gasteiger partial charge >= 0.3 is 11.9 Å². The molecular weight excluding hydrogens is 212 g/mol. The lowest BCUT2D eigenvalue weighted by atomic mass is 10.3. The summed E-state index contributed by atoms with van der Waals surface area (Å²) >= 11 is 0. The van der Waals surface area contributed by atoms with E-state index in [0.29, 0.717) is 0 Å². The van der Waals surface area contributed by atoms with Gasteiger partial charge in [-0.15, -0.1) is 0 Å². The topological polar surface area (TPSA) is 72.8 Å². The maximum absolute atomic E-state index is 10.8. The van der Waals surface area contributed by atoms with E-state index < -0.39 is 18.0 Å². The molecule has 16 heavy (non-hydrogen) atoms. The molecule has 0 saturated carbocycles. The Bertz CT molecular complexity index is 293. The monoisotopic (exact) mass is 226 g/mol. The van der Waals surface area contributed by atoms with Gasteiger partial charge in [0.25, 0.3) is 0 Å². The Morgan fingerprint density at radius 2 is 1.88 bits per heavy atom. The summed E-state index contributed by atoms with van der Waals surface area (Å²) in [6, 6.07) is 0. The molecule has 0 aromatic carbocycles. The zero-order chi connectivity index (χ0) is 12.4. The molecule has 0 aliphatic carbocycles. The lowest BCUT2D eigenvalue weighted by Crippen LogP contribution is -2.18. The minimum Gasteiger partial charge on any atom is -0.458 e. The molecule has 5 heteroatoms. The van der Waals surface area contributed by atoms with E-state index in [0.717, 1.165) is 12.2 Å². The molecule has 0 bridgehead atoms. The smallest absolute Gasteiger partial charge is 0.330 e. The number of aliphatic hydroxyl groups is 1. The molecule has 1 N–H and O–H groups in total. The molecule has 0 aliphatic rings. The van der Waals surface area contributed by atoms with Crippen molar-refractivity contribution in [1.82, 2.24) is 0 Å². The molecule has 0 radical (unpaired) electrons. The number of esters is 2. The molecule has 0 aromatic rings. The van der Waals surface area contributed by atoms with Crippen LogP contribution in [0, 0.1) is 0 Å². The zero-order valence-electron chi connectivity index (χ0n) is 8.80. The van der Waals surface area contributed by atoms with E-state index >= 15 is 0 Å². The number of aliphatic hydroxyl groups excluding tert-OH is 1. The van der Waals surface area contributed by atoms with Crippen molar-refractivity contribution in [1.29, 1.82) is 0 Å². The van der Waals surface area contributed by atoms with E-state index in [9.17, 15) is 9.59 Å². The highest BCUT2D eigenvalue weighted by Gasteiger charge is 2.06. The second-order valence-corrected chi connectivity index (χ2v) is 2.62. The van der Waals surface area contributed by atoms with Crippen LogP contribution in [-0.4, -0.2) is 36.4 Å². The number of carbonyl (C=O) groups is 2. The molecule has 0 amide bonds. The van der Waals surface area contributed by atoms with Crippen molar-refractivity contribution in [3.63, 3.8) is 0 Å². The summed E-state index contributed by atoms with van der Waals surface area (Å²) in [7, 11) is 0. The molecule has 5 nitrogen and oxygen atoms in total. The largest absolute Gasteiger partial charge is 0.458 e. The second kappa shape index (κ2) is 8.43. The molecule has 0 aliphatic heterocycles. The first-order chi connectivity index (χ1) is 7.63. The van der Waals surface area contributed by atoms with Crippen molar-refractivity contribution < 1.29 is 24.2 Å². The quantitative estimate of drug-likeness (QED) is 0.385. The van der Waals surface area contributed by atoms with Crippen LogP contribution in [0.15, 0.2) is 37.5 Å². The Balaban J connectivity index is 3.96. The van der Waals surface area contributed by atoms with E-state index in [4.69, 9.17) is 9.84 Å². The predicted molar refractivity (Wildman–Crippen MR) is 57.5 cm³/mol. The molecule has 0 rings (SSSR count). The number of hydrogen-bond acceptors (Lipinski definition) is 5.